The maximum atomic E-state index is 10.8. The summed E-state index contributed by atoms with van der Waals surface area (Å²) in [5, 5.41) is 31.0. The average molecular weight is 318 g/mol. The minimum absolute atomic E-state index is 0.0115. The Morgan fingerprint density at radius 1 is 1.22 bits per heavy atom. The largest absolute Gasteiger partial charge is 0.396 e. The Kier molecular flexibility index (Phi) is 3.90. The maximum absolute atomic E-state index is 10.8. The van der Waals surface area contributed by atoms with Crippen LogP contribution in [-0.2, 0) is 11.0 Å². The lowest BCUT2D eigenvalue weighted by molar-refractivity contribution is -0.0464. The molecule has 0 bridgehead atoms. The molecule has 3 rings (SSSR count). The lowest BCUT2D eigenvalue weighted by Gasteiger charge is -2.56. The van der Waals surface area contributed by atoms with Crippen molar-refractivity contribution >= 4 is 0 Å². The van der Waals surface area contributed by atoms with Gasteiger partial charge in [0.15, 0.2) is 0 Å². The first-order valence-corrected chi connectivity index (χ1v) is 8.78. The molecule has 0 spiro atoms. The molecule has 2 aliphatic rings. The molecule has 3 nitrogen and oxygen atoms in total. The molecule has 3 N–H and O–H groups in total. The number of rotatable bonds is 2. The third-order valence-electron chi connectivity index (χ3n) is 6.61. The van der Waals surface area contributed by atoms with Crippen LogP contribution >= 0.6 is 0 Å². The molecule has 4 atom stereocenters. The van der Waals surface area contributed by atoms with Gasteiger partial charge in [0.05, 0.1) is 11.7 Å². The fraction of sp³-hybridized carbons (Fsp3) is 0.700. The molecule has 3 heteroatoms. The standard InChI is InChI=1S/C20H30O3/c1-18(2,23)13-6-7-15-14(10-13)16(22)11-17-19(3,12-21)8-5-9-20(15,17)4/h6-7,10,16-17,21-23H,5,8-9,11-12H2,1-4H3/t16?,17-,19+,20-/m1/s1. The van der Waals surface area contributed by atoms with Crippen LogP contribution < -0.4 is 0 Å². The van der Waals surface area contributed by atoms with Crippen molar-refractivity contribution in [1.29, 1.82) is 0 Å². The van der Waals surface area contributed by atoms with E-state index in [-0.39, 0.29) is 23.4 Å². The van der Waals surface area contributed by atoms with Crippen molar-refractivity contribution in [2.75, 3.05) is 6.61 Å². The van der Waals surface area contributed by atoms with E-state index in [4.69, 9.17) is 0 Å². The lowest BCUT2D eigenvalue weighted by Crippen LogP contribution is -2.51. The predicted molar refractivity (Wildman–Crippen MR) is 91.1 cm³/mol. The van der Waals surface area contributed by atoms with Crippen molar-refractivity contribution < 1.29 is 15.3 Å². The van der Waals surface area contributed by atoms with Crippen LogP contribution in [0.3, 0.4) is 0 Å². The number of hydrogen-bond acceptors (Lipinski definition) is 3. The first-order valence-electron chi connectivity index (χ1n) is 8.78. The summed E-state index contributed by atoms with van der Waals surface area (Å²) >= 11 is 0. The zero-order chi connectivity index (χ0) is 17.0. The van der Waals surface area contributed by atoms with E-state index >= 15 is 0 Å². The minimum atomic E-state index is -0.904. The van der Waals surface area contributed by atoms with Crippen molar-refractivity contribution in [1.82, 2.24) is 0 Å². The summed E-state index contributed by atoms with van der Waals surface area (Å²) in [5.74, 6) is 0.282. The molecule has 1 aromatic carbocycles. The number of hydrogen-bond donors (Lipinski definition) is 3. The van der Waals surface area contributed by atoms with Crippen molar-refractivity contribution in [2.45, 2.75) is 70.5 Å². The Labute approximate surface area is 139 Å². The molecule has 0 saturated heterocycles. The molecule has 0 aromatic heterocycles. The first kappa shape index (κ1) is 16.9. The molecule has 128 valence electrons. The summed E-state index contributed by atoms with van der Waals surface area (Å²) in [6.45, 7) is 8.18. The van der Waals surface area contributed by atoms with E-state index in [0.29, 0.717) is 6.42 Å². The fourth-order valence-corrected chi connectivity index (χ4v) is 5.12. The predicted octanol–water partition coefficient (Wildman–Crippen LogP) is 3.41. The quantitative estimate of drug-likeness (QED) is 0.783. The van der Waals surface area contributed by atoms with E-state index in [1.165, 1.54) is 5.56 Å². The zero-order valence-electron chi connectivity index (χ0n) is 14.8. The van der Waals surface area contributed by atoms with Gasteiger partial charge < -0.3 is 15.3 Å². The second kappa shape index (κ2) is 5.30. The van der Waals surface area contributed by atoms with E-state index in [1.807, 2.05) is 12.1 Å². The molecule has 1 fully saturated rings. The van der Waals surface area contributed by atoms with Gasteiger partial charge in [0.1, 0.15) is 0 Å². The Morgan fingerprint density at radius 3 is 2.52 bits per heavy atom. The van der Waals surface area contributed by atoms with Crippen LogP contribution in [0, 0.1) is 11.3 Å². The van der Waals surface area contributed by atoms with Gasteiger partial charge in [0, 0.05) is 6.61 Å². The Bertz CT molecular complexity index is 603. The normalized spacial score (nSPS) is 37.2. The third-order valence-corrected chi connectivity index (χ3v) is 6.61. The van der Waals surface area contributed by atoms with Crippen LogP contribution in [-0.4, -0.2) is 21.9 Å². The molecule has 1 aromatic rings. The summed E-state index contributed by atoms with van der Waals surface area (Å²) in [7, 11) is 0. The molecule has 1 saturated carbocycles. The van der Waals surface area contributed by atoms with E-state index in [1.54, 1.807) is 13.8 Å². The molecule has 0 radical (unpaired) electrons. The van der Waals surface area contributed by atoms with E-state index in [2.05, 4.69) is 19.9 Å². The average Bonchev–Trinajstić information content (AvgIpc) is 2.49. The Morgan fingerprint density at radius 2 is 1.91 bits per heavy atom. The van der Waals surface area contributed by atoms with Crippen molar-refractivity contribution in [3.05, 3.63) is 34.9 Å². The maximum Gasteiger partial charge on any atom is 0.0840 e. The van der Waals surface area contributed by atoms with Crippen LogP contribution in [0.5, 0.6) is 0 Å². The second-order valence-corrected chi connectivity index (χ2v) is 8.75. The Balaban J connectivity index is 2.12. The molecule has 2 aliphatic carbocycles. The molecule has 23 heavy (non-hydrogen) atoms. The lowest BCUT2D eigenvalue weighted by atomic mass is 9.49. The van der Waals surface area contributed by atoms with Crippen LogP contribution in [0.1, 0.15) is 76.2 Å². The minimum Gasteiger partial charge on any atom is -0.396 e. The Hall–Kier alpha value is -0.900. The van der Waals surface area contributed by atoms with Gasteiger partial charge in [-0.15, -0.1) is 0 Å². The molecule has 1 unspecified atom stereocenters. The monoisotopic (exact) mass is 318 g/mol. The molecule has 0 aliphatic heterocycles. The van der Waals surface area contributed by atoms with Crippen LogP contribution in [0.4, 0.5) is 0 Å². The highest BCUT2D eigenvalue weighted by molar-refractivity contribution is 5.43. The zero-order valence-corrected chi connectivity index (χ0v) is 14.8. The summed E-state index contributed by atoms with van der Waals surface area (Å²) in [4.78, 5) is 0. The highest BCUT2D eigenvalue weighted by Gasteiger charge is 2.53. The first-order chi connectivity index (χ1) is 10.6. The van der Waals surface area contributed by atoms with Gasteiger partial charge in [0.25, 0.3) is 0 Å². The van der Waals surface area contributed by atoms with Crippen LogP contribution in [0.2, 0.25) is 0 Å². The number of aliphatic hydroxyl groups excluding tert-OH is 2. The van der Waals surface area contributed by atoms with E-state index < -0.39 is 11.7 Å². The van der Waals surface area contributed by atoms with E-state index in [9.17, 15) is 15.3 Å². The summed E-state index contributed by atoms with van der Waals surface area (Å²) in [5.41, 5.74) is 1.97. The molecule has 0 heterocycles. The number of fused-ring (bicyclic) bond motifs is 3. The van der Waals surface area contributed by atoms with Gasteiger partial charge in [0.2, 0.25) is 0 Å². The molecular weight excluding hydrogens is 288 g/mol. The number of aliphatic hydroxyl groups is 3. The third kappa shape index (κ3) is 2.54. The van der Waals surface area contributed by atoms with Crippen LogP contribution in [0.25, 0.3) is 0 Å². The molecule has 0 amide bonds. The van der Waals surface area contributed by atoms with Gasteiger partial charge in [-0.2, -0.15) is 0 Å². The van der Waals surface area contributed by atoms with Gasteiger partial charge in [-0.3, -0.25) is 0 Å². The van der Waals surface area contributed by atoms with Gasteiger partial charge in [-0.1, -0.05) is 38.5 Å². The number of benzene rings is 1. The van der Waals surface area contributed by atoms with Crippen molar-refractivity contribution in [3.63, 3.8) is 0 Å². The SMILES string of the molecule is CC(C)(O)c1ccc2c(c1)C(O)C[C@@H]1[C@](C)(CO)CCC[C@]21C. The highest BCUT2D eigenvalue weighted by Crippen LogP contribution is 2.59. The fourth-order valence-electron chi connectivity index (χ4n) is 5.12. The van der Waals surface area contributed by atoms with Gasteiger partial charge in [-0.25, -0.2) is 0 Å². The smallest absolute Gasteiger partial charge is 0.0840 e. The molecular formula is C20H30O3. The van der Waals surface area contributed by atoms with Crippen LogP contribution in [0.15, 0.2) is 18.2 Å². The summed E-state index contributed by atoms with van der Waals surface area (Å²) in [6.07, 6.45) is 3.39. The second-order valence-electron chi connectivity index (χ2n) is 8.75. The summed E-state index contributed by atoms with van der Waals surface area (Å²) < 4.78 is 0. The van der Waals surface area contributed by atoms with Crippen molar-refractivity contribution in [2.24, 2.45) is 11.3 Å². The van der Waals surface area contributed by atoms with Crippen molar-refractivity contribution in [3.8, 4) is 0 Å². The highest BCUT2D eigenvalue weighted by atomic mass is 16.3. The summed E-state index contributed by atoms with van der Waals surface area (Å²) in [6, 6.07) is 6.07. The topological polar surface area (TPSA) is 60.7 Å². The van der Waals surface area contributed by atoms with Gasteiger partial charge in [-0.05, 0) is 66.5 Å². The van der Waals surface area contributed by atoms with Gasteiger partial charge >= 0.3 is 0 Å². The van der Waals surface area contributed by atoms with E-state index in [0.717, 1.165) is 30.4 Å².